The van der Waals surface area contributed by atoms with E-state index in [2.05, 4.69) is 0 Å². The quantitative estimate of drug-likeness (QED) is 0.819. The van der Waals surface area contributed by atoms with Crippen molar-refractivity contribution in [1.29, 1.82) is 0 Å². The molecule has 0 aliphatic rings. The molecular formula is C15H17N3O5. The third-order valence-corrected chi connectivity index (χ3v) is 3.46. The second-order valence-corrected chi connectivity index (χ2v) is 4.89. The van der Waals surface area contributed by atoms with Gasteiger partial charge in [-0.3, -0.25) is 18.7 Å². The van der Waals surface area contributed by atoms with Gasteiger partial charge in [0, 0.05) is 26.2 Å². The van der Waals surface area contributed by atoms with Crippen LogP contribution in [-0.4, -0.2) is 22.2 Å². The van der Waals surface area contributed by atoms with E-state index in [1.165, 1.54) is 44.0 Å². The molecule has 0 spiro atoms. The lowest BCUT2D eigenvalue weighted by Crippen LogP contribution is -2.38. The fourth-order valence-electron chi connectivity index (χ4n) is 2.02. The van der Waals surface area contributed by atoms with Crippen molar-refractivity contribution in [3.8, 4) is 11.5 Å². The van der Waals surface area contributed by atoms with Gasteiger partial charge >= 0.3 is 5.69 Å². The minimum atomic E-state index is -0.652. The van der Waals surface area contributed by atoms with Crippen LogP contribution in [0.4, 0.5) is 0 Å². The molecule has 0 unspecified atom stereocenters. The van der Waals surface area contributed by atoms with Crippen LogP contribution in [0, 0.1) is 0 Å². The zero-order chi connectivity index (χ0) is 17.1. The Morgan fingerprint density at radius 3 is 2.48 bits per heavy atom. The molecule has 0 atom stereocenters. The van der Waals surface area contributed by atoms with E-state index in [-0.39, 0.29) is 17.9 Å². The Labute approximate surface area is 131 Å². The Morgan fingerprint density at radius 2 is 1.87 bits per heavy atom. The lowest BCUT2D eigenvalue weighted by Gasteiger charge is -2.13. The predicted molar refractivity (Wildman–Crippen MR) is 82.8 cm³/mol. The number of nitrogens with zero attached hydrogens (tertiary/aromatic N) is 2. The molecule has 0 saturated heterocycles. The molecule has 2 rings (SSSR count). The molecule has 1 amide bonds. The van der Waals surface area contributed by atoms with Gasteiger partial charge in [0.05, 0.1) is 18.4 Å². The average molecular weight is 319 g/mol. The summed E-state index contributed by atoms with van der Waals surface area (Å²) < 4.78 is 12.9. The number of methoxy groups -OCH3 is 1. The number of ether oxygens (including phenoxy) is 2. The summed E-state index contributed by atoms with van der Waals surface area (Å²) in [6.45, 7) is -0.0741. The third kappa shape index (κ3) is 3.25. The first-order valence-electron chi connectivity index (χ1n) is 6.71. The number of aromatic nitrogens is 2. The summed E-state index contributed by atoms with van der Waals surface area (Å²) in [6, 6.07) is 5.88. The standard InChI is InChI=1S/C15H17N3O5/c1-17-9(6-13(19)18(2)15(17)21)8-23-12-7-10(22-3)4-5-11(12)14(16)20/h4-7H,8H2,1-3H3,(H2,16,20). The summed E-state index contributed by atoms with van der Waals surface area (Å²) in [4.78, 5) is 35.0. The zero-order valence-corrected chi connectivity index (χ0v) is 13.0. The number of rotatable bonds is 5. The van der Waals surface area contributed by atoms with Gasteiger partial charge in [-0.1, -0.05) is 0 Å². The number of benzene rings is 1. The van der Waals surface area contributed by atoms with Crippen LogP contribution in [0.25, 0.3) is 0 Å². The van der Waals surface area contributed by atoms with Crippen molar-refractivity contribution >= 4 is 5.91 Å². The monoisotopic (exact) mass is 319 g/mol. The Morgan fingerprint density at radius 1 is 1.17 bits per heavy atom. The number of hydrogen-bond acceptors (Lipinski definition) is 5. The fraction of sp³-hybridized carbons (Fsp3) is 0.267. The number of carbonyl (C=O) groups excluding carboxylic acids is 1. The minimum absolute atomic E-state index is 0.0741. The van der Waals surface area contributed by atoms with Crippen LogP contribution < -0.4 is 26.5 Å². The highest BCUT2D eigenvalue weighted by atomic mass is 16.5. The normalized spacial score (nSPS) is 10.4. The van der Waals surface area contributed by atoms with E-state index >= 15 is 0 Å². The molecule has 0 aliphatic carbocycles. The van der Waals surface area contributed by atoms with E-state index in [1.807, 2.05) is 0 Å². The van der Waals surface area contributed by atoms with E-state index in [0.717, 1.165) is 4.57 Å². The minimum Gasteiger partial charge on any atom is -0.497 e. The third-order valence-electron chi connectivity index (χ3n) is 3.46. The lowest BCUT2D eigenvalue weighted by atomic mass is 10.2. The Balaban J connectivity index is 2.37. The van der Waals surface area contributed by atoms with Crippen LogP contribution in [0.15, 0.2) is 33.9 Å². The zero-order valence-electron chi connectivity index (χ0n) is 13.0. The number of nitrogens with two attached hydrogens (primary N) is 1. The van der Waals surface area contributed by atoms with Crippen LogP contribution in [-0.2, 0) is 20.7 Å². The largest absolute Gasteiger partial charge is 0.497 e. The summed E-state index contributed by atoms with van der Waals surface area (Å²) >= 11 is 0. The summed E-state index contributed by atoms with van der Waals surface area (Å²) in [5.41, 5.74) is 4.96. The molecule has 0 radical (unpaired) electrons. The summed E-state index contributed by atoms with van der Waals surface area (Å²) in [6.07, 6.45) is 0. The van der Waals surface area contributed by atoms with Gasteiger partial charge in [0.1, 0.15) is 18.1 Å². The molecule has 1 aromatic carbocycles. The van der Waals surface area contributed by atoms with Crippen molar-refractivity contribution < 1.29 is 14.3 Å². The van der Waals surface area contributed by atoms with E-state index in [0.29, 0.717) is 11.4 Å². The van der Waals surface area contributed by atoms with Crippen molar-refractivity contribution in [2.24, 2.45) is 19.8 Å². The number of amides is 1. The van der Waals surface area contributed by atoms with Crippen molar-refractivity contribution in [2.75, 3.05) is 7.11 Å². The van der Waals surface area contributed by atoms with Crippen molar-refractivity contribution in [1.82, 2.24) is 9.13 Å². The number of carbonyl (C=O) groups is 1. The molecule has 8 nitrogen and oxygen atoms in total. The van der Waals surface area contributed by atoms with Crippen LogP contribution in [0.5, 0.6) is 11.5 Å². The van der Waals surface area contributed by atoms with Gasteiger partial charge in [0.2, 0.25) is 0 Å². The number of hydrogen-bond donors (Lipinski definition) is 1. The first kappa shape index (κ1) is 16.3. The van der Waals surface area contributed by atoms with Gasteiger partial charge < -0.3 is 15.2 Å². The van der Waals surface area contributed by atoms with Crippen molar-refractivity contribution in [3.63, 3.8) is 0 Å². The van der Waals surface area contributed by atoms with Gasteiger partial charge in [-0.05, 0) is 12.1 Å². The highest BCUT2D eigenvalue weighted by Gasteiger charge is 2.13. The molecule has 2 aromatic rings. The van der Waals surface area contributed by atoms with Crippen LogP contribution >= 0.6 is 0 Å². The summed E-state index contributed by atoms with van der Waals surface area (Å²) in [7, 11) is 4.40. The predicted octanol–water partition coefficient (Wildman–Crippen LogP) is -0.229. The van der Waals surface area contributed by atoms with Gasteiger partial charge in [0.15, 0.2) is 0 Å². The maximum Gasteiger partial charge on any atom is 0.330 e. The van der Waals surface area contributed by atoms with Gasteiger partial charge in [-0.15, -0.1) is 0 Å². The van der Waals surface area contributed by atoms with Gasteiger partial charge in [0.25, 0.3) is 11.5 Å². The van der Waals surface area contributed by atoms with E-state index in [4.69, 9.17) is 15.2 Å². The van der Waals surface area contributed by atoms with E-state index < -0.39 is 17.2 Å². The van der Waals surface area contributed by atoms with Gasteiger partial charge in [-0.25, -0.2) is 4.79 Å². The second kappa shape index (κ2) is 6.39. The van der Waals surface area contributed by atoms with Crippen LogP contribution in [0.2, 0.25) is 0 Å². The molecule has 0 bridgehead atoms. The topological polar surface area (TPSA) is 106 Å². The highest BCUT2D eigenvalue weighted by molar-refractivity contribution is 5.95. The maximum absolute atomic E-state index is 11.9. The number of primary amides is 1. The van der Waals surface area contributed by atoms with Crippen LogP contribution in [0.3, 0.4) is 0 Å². The van der Waals surface area contributed by atoms with Crippen molar-refractivity contribution in [2.45, 2.75) is 6.61 Å². The molecule has 0 saturated carbocycles. The molecule has 0 aliphatic heterocycles. The second-order valence-electron chi connectivity index (χ2n) is 4.89. The molecule has 1 heterocycles. The lowest BCUT2D eigenvalue weighted by molar-refractivity contribution is 0.0995. The summed E-state index contributed by atoms with van der Waals surface area (Å²) in [5, 5.41) is 0. The average Bonchev–Trinajstić information content (AvgIpc) is 2.54. The molecule has 1 aromatic heterocycles. The molecule has 0 fully saturated rings. The highest BCUT2D eigenvalue weighted by Crippen LogP contribution is 2.25. The SMILES string of the molecule is COc1ccc(C(N)=O)c(OCc2cc(=O)n(C)c(=O)n2C)c1. The maximum atomic E-state index is 11.9. The molecule has 122 valence electrons. The molecular weight excluding hydrogens is 302 g/mol. The van der Waals surface area contributed by atoms with E-state index in [1.54, 1.807) is 6.07 Å². The molecule has 23 heavy (non-hydrogen) atoms. The first-order chi connectivity index (χ1) is 10.8. The van der Waals surface area contributed by atoms with Gasteiger partial charge in [-0.2, -0.15) is 0 Å². The fourth-order valence-corrected chi connectivity index (χ4v) is 2.02. The summed E-state index contributed by atoms with van der Waals surface area (Å²) in [5.74, 6) is 0.0494. The molecule has 2 N–H and O–H groups in total. The van der Waals surface area contributed by atoms with Crippen molar-refractivity contribution in [3.05, 3.63) is 56.4 Å². The Kier molecular flexibility index (Phi) is 4.54. The first-order valence-corrected chi connectivity index (χ1v) is 6.71. The Bertz CT molecular complexity index is 866. The van der Waals surface area contributed by atoms with Crippen LogP contribution in [0.1, 0.15) is 16.1 Å². The van der Waals surface area contributed by atoms with E-state index in [9.17, 15) is 14.4 Å². The molecule has 8 heteroatoms. The smallest absolute Gasteiger partial charge is 0.330 e. The Hall–Kier alpha value is -3.03.